The minimum absolute atomic E-state index is 0.0748. The number of carboxylic acid groups (broad SMARTS) is 1. The van der Waals surface area contributed by atoms with Crippen LogP contribution in [0.2, 0.25) is 0 Å². The Bertz CT molecular complexity index is 1210. The van der Waals surface area contributed by atoms with Gasteiger partial charge in [0.25, 0.3) is 0 Å². The number of carboxylic acids is 1. The second-order valence-corrected chi connectivity index (χ2v) is 11.7. The first kappa shape index (κ1) is 23.5. The molecular weight excluding hydrogens is 454 g/mol. The minimum Gasteiger partial charge on any atom is -0.481 e. The molecule has 1 saturated heterocycles. The van der Waals surface area contributed by atoms with E-state index in [1.54, 1.807) is 24.3 Å². The molecule has 3 aromatic carbocycles. The van der Waals surface area contributed by atoms with Crippen molar-refractivity contribution in [2.45, 2.75) is 41.4 Å². The van der Waals surface area contributed by atoms with E-state index in [0.29, 0.717) is 6.42 Å². The third-order valence-electron chi connectivity index (χ3n) is 6.07. The highest BCUT2D eigenvalue weighted by molar-refractivity contribution is 8.00. The Kier molecular flexibility index (Phi) is 6.93. The van der Waals surface area contributed by atoms with Crippen molar-refractivity contribution in [3.8, 4) is 0 Å². The van der Waals surface area contributed by atoms with E-state index in [0.717, 1.165) is 21.6 Å². The first-order chi connectivity index (χ1) is 15.8. The molecule has 7 heteroatoms. The summed E-state index contributed by atoms with van der Waals surface area (Å²) in [6, 6.07) is 23.7. The van der Waals surface area contributed by atoms with E-state index in [1.165, 1.54) is 16.1 Å². The standard InChI is InChI=1S/C26H27NO4S2/c1-18-8-12-21(13-9-18)32-25-16-24(20-6-4-3-5-7-20)27(17-23(25)26(28)29)33(30,31)22-14-10-19(2)11-15-22/h3-15,23-25H,16-17H2,1-2H3,(H,28,29)/t23-,24+,25-/m1/s1. The molecule has 172 valence electrons. The Balaban J connectivity index is 1.73. The molecule has 4 rings (SSSR count). The smallest absolute Gasteiger partial charge is 0.308 e. The van der Waals surface area contributed by atoms with Gasteiger partial charge in [-0.1, -0.05) is 65.7 Å². The van der Waals surface area contributed by atoms with Gasteiger partial charge in [0.2, 0.25) is 10.0 Å². The largest absolute Gasteiger partial charge is 0.481 e. The maximum absolute atomic E-state index is 13.7. The second-order valence-electron chi connectivity index (χ2n) is 8.46. The average molecular weight is 482 g/mol. The number of nitrogens with zero attached hydrogens (tertiary/aromatic N) is 1. The Morgan fingerprint density at radius 1 is 0.909 bits per heavy atom. The van der Waals surface area contributed by atoms with Crippen LogP contribution < -0.4 is 0 Å². The summed E-state index contributed by atoms with van der Waals surface area (Å²) in [4.78, 5) is 13.4. The molecule has 1 N–H and O–H groups in total. The maximum atomic E-state index is 13.7. The van der Waals surface area contributed by atoms with Gasteiger partial charge in [-0.2, -0.15) is 4.31 Å². The Hall–Kier alpha value is -2.61. The number of thioether (sulfide) groups is 1. The topological polar surface area (TPSA) is 74.7 Å². The van der Waals surface area contributed by atoms with Crippen LogP contribution >= 0.6 is 11.8 Å². The van der Waals surface area contributed by atoms with Gasteiger partial charge in [0.15, 0.2) is 0 Å². The third kappa shape index (κ3) is 5.16. The summed E-state index contributed by atoms with van der Waals surface area (Å²) in [6.07, 6.45) is 0.407. The van der Waals surface area contributed by atoms with Gasteiger partial charge in [-0.15, -0.1) is 11.8 Å². The Morgan fingerprint density at radius 2 is 1.48 bits per heavy atom. The van der Waals surface area contributed by atoms with Crippen molar-refractivity contribution in [2.24, 2.45) is 5.92 Å². The quantitative estimate of drug-likeness (QED) is 0.517. The van der Waals surface area contributed by atoms with Crippen LogP contribution in [0.15, 0.2) is 88.7 Å². The summed E-state index contributed by atoms with van der Waals surface area (Å²) in [6.45, 7) is 3.83. The third-order valence-corrected chi connectivity index (χ3v) is 9.32. The van der Waals surface area contributed by atoms with Gasteiger partial charge in [-0.3, -0.25) is 4.79 Å². The molecular formula is C26H27NO4S2. The van der Waals surface area contributed by atoms with Gasteiger partial charge in [0.05, 0.1) is 16.9 Å². The van der Waals surface area contributed by atoms with E-state index in [-0.39, 0.29) is 16.7 Å². The SMILES string of the molecule is Cc1ccc(S[C@@H]2C[C@@H](c3ccccc3)N(S(=O)(=O)c3ccc(C)cc3)C[C@H]2C(=O)O)cc1. The summed E-state index contributed by atoms with van der Waals surface area (Å²) >= 11 is 1.52. The number of aliphatic carboxylic acids is 1. The molecule has 33 heavy (non-hydrogen) atoms. The fourth-order valence-corrected chi connectivity index (χ4v) is 7.13. The van der Waals surface area contributed by atoms with Crippen LogP contribution in [0.4, 0.5) is 0 Å². The first-order valence-corrected chi connectivity index (χ1v) is 13.2. The molecule has 0 bridgehead atoms. The van der Waals surface area contributed by atoms with Crippen molar-refractivity contribution >= 4 is 27.8 Å². The van der Waals surface area contributed by atoms with Gasteiger partial charge in [-0.05, 0) is 50.1 Å². The Labute approximate surface area is 199 Å². The van der Waals surface area contributed by atoms with Gasteiger partial charge >= 0.3 is 5.97 Å². The van der Waals surface area contributed by atoms with Crippen LogP contribution in [0, 0.1) is 19.8 Å². The van der Waals surface area contributed by atoms with Gasteiger partial charge in [-0.25, -0.2) is 8.42 Å². The number of aryl methyl sites for hydroxylation is 2. The number of piperidine rings is 1. The summed E-state index contributed by atoms with van der Waals surface area (Å²) in [5.74, 6) is -1.80. The van der Waals surface area contributed by atoms with E-state index in [9.17, 15) is 18.3 Å². The monoisotopic (exact) mass is 481 g/mol. The predicted molar refractivity (Wildman–Crippen MR) is 131 cm³/mol. The molecule has 0 unspecified atom stereocenters. The van der Waals surface area contributed by atoms with E-state index >= 15 is 0 Å². The molecule has 1 aliphatic rings. The molecule has 3 atom stereocenters. The van der Waals surface area contributed by atoms with Crippen molar-refractivity contribution in [3.63, 3.8) is 0 Å². The van der Waals surface area contributed by atoms with E-state index in [2.05, 4.69) is 0 Å². The summed E-state index contributed by atoms with van der Waals surface area (Å²) < 4.78 is 28.7. The molecule has 0 spiro atoms. The molecule has 0 aliphatic carbocycles. The number of carbonyl (C=O) groups is 1. The lowest BCUT2D eigenvalue weighted by Gasteiger charge is -2.41. The van der Waals surface area contributed by atoms with Crippen LogP contribution in [0.25, 0.3) is 0 Å². The van der Waals surface area contributed by atoms with Gasteiger partial charge in [0.1, 0.15) is 0 Å². The summed E-state index contributed by atoms with van der Waals surface area (Å²) in [7, 11) is -3.88. The van der Waals surface area contributed by atoms with Crippen molar-refractivity contribution < 1.29 is 18.3 Å². The fraction of sp³-hybridized carbons (Fsp3) is 0.269. The number of hydrogen-bond acceptors (Lipinski definition) is 4. The van der Waals surface area contributed by atoms with Crippen LogP contribution in [0.3, 0.4) is 0 Å². The number of sulfonamides is 1. The summed E-state index contributed by atoms with van der Waals surface area (Å²) in [5.41, 5.74) is 2.96. The molecule has 1 heterocycles. The highest BCUT2D eigenvalue weighted by Gasteiger charge is 2.45. The molecule has 1 fully saturated rings. The molecule has 0 saturated carbocycles. The van der Waals surface area contributed by atoms with Gasteiger partial charge in [0, 0.05) is 16.7 Å². The predicted octanol–water partition coefficient (Wildman–Crippen LogP) is 5.30. The van der Waals surface area contributed by atoms with E-state index in [4.69, 9.17) is 0 Å². The highest BCUT2D eigenvalue weighted by Crippen LogP contribution is 2.44. The molecule has 0 amide bonds. The molecule has 0 aromatic heterocycles. The first-order valence-electron chi connectivity index (χ1n) is 10.9. The Morgan fingerprint density at radius 3 is 2.06 bits per heavy atom. The molecule has 5 nitrogen and oxygen atoms in total. The molecule has 1 aliphatic heterocycles. The number of rotatable bonds is 6. The van der Waals surface area contributed by atoms with E-state index < -0.39 is 28.0 Å². The van der Waals surface area contributed by atoms with E-state index in [1.807, 2.05) is 68.4 Å². The second kappa shape index (κ2) is 9.71. The van der Waals surface area contributed by atoms with Crippen molar-refractivity contribution in [2.75, 3.05) is 6.54 Å². The molecule has 3 aromatic rings. The van der Waals surface area contributed by atoms with Crippen LogP contribution in [0.5, 0.6) is 0 Å². The zero-order chi connectivity index (χ0) is 23.6. The lowest BCUT2D eigenvalue weighted by Crippen LogP contribution is -2.49. The zero-order valence-electron chi connectivity index (χ0n) is 18.6. The number of hydrogen-bond donors (Lipinski definition) is 1. The van der Waals surface area contributed by atoms with Crippen LogP contribution in [-0.4, -0.2) is 35.6 Å². The average Bonchev–Trinajstić information content (AvgIpc) is 2.81. The maximum Gasteiger partial charge on any atom is 0.308 e. The minimum atomic E-state index is -3.88. The lowest BCUT2D eigenvalue weighted by molar-refractivity contribution is -0.143. The highest BCUT2D eigenvalue weighted by atomic mass is 32.2. The summed E-state index contributed by atoms with van der Waals surface area (Å²) in [5, 5.41) is 9.78. The van der Waals surface area contributed by atoms with Crippen molar-refractivity contribution in [1.82, 2.24) is 4.31 Å². The zero-order valence-corrected chi connectivity index (χ0v) is 20.2. The lowest BCUT2D eigenvalue weighted by atomic mass is 9.90. The fourth-order valence-electron chi connectivity index (χ4n) is 4.19. The van der Waals surface area contributed by atoms with Crippen molar-refractivity contribution in [1.29, 1.82) is 0 Å². The number of benzene rings is 3. The normalized spacial score (nSPS) is 21.6. The van der Waals surface area contributed by atoms with Gasteiger partial charge < -0.3 is 5.11 Å². The van der Waals surface area contributed by atoms with Crippen molar-refractivity contribution in [3.05, 3.63) is 95.6 Å². The van der Waals surface area contributed by atoms with Crippen LogP contribution in [0.1, 0.15) is 29.2 Å². The molecule has 0 radical (unpaired) electrons. The van der Waals surface area contributed by atoms with Crippen LogP contribution in [-0.2, 0) is 14.8 Å².